The van der Waals surface area contributed by atoms with Gasteiger partial charge in [-0.05, 0) is 44.9 Å². The number of amides is 1. The topological polar surface area (TPSA) is 59.2 Å². The van der Waals surface area contributed by atoms with Crippen LogP contribution in [0.5, 0.6) is 0 Å². The number of aromatic nitrogens is 1. The summed E-state index contributed by atoms with van der Waals surface area (Å²) in [4.78, 5) is 20.6. The fourth-order valence-electron chi connectivity index (χ4n) is 3.33. The minimum absolute atomic E-state index is 0.114. The van der Waals surface area contributed by atoms with Crippen LogP contribution in [0.3, 0.4) is 0 Å². The molecule has 0 radical (unpaired) electrons. The fraction of sp³-hybridized carbons (Fsp3) is 0.750. The summed E-state index contributed by atoms with van der Waals surface area (Å²) in [5.41, 5.74) is 7.24. The monoisotopic (exact) mass is 307 g/mol. The van der Waals surface area contributed by atoms with Crippen molar-refractivity contribution < 1.29 is 4.79 Å². The van der Waals surface area contributed by atoms with Crippen molar-refractivity contribution in [3.05, 3.63) is 15.6 Å². The Labute approximate surface area is 130 Å². The number of hydrogen-bond donors (Lipinski definition) is 1. The molecule has 1 amide bonds. The molecule has 2 atom stereocenters. The maximum atomic E-state index is 12.3. The number of hydrogen-bond acceptors (Lipinski definition) is 4. The molecule has 116 valence electrons. The molecule has 2 aliphatic rings. The van der Waals surface area contributed by atoms with Crippen LogP contribution in [0.15, 0.2) is 0 Å². The summed E-state index contributed by atoms with van der Waals surface area (Å²) in [5, 5.41) is 1.25. The van der Waals surface area contributed by atoms with Crippen LogP contribution in [0.25, 0.3) is 0 Å². The van der Waals surface area contributed by atoms with Crippen molar-refractivity contribution in [1.82, 2.24) is 9.88 Å². The first kappa shape index (κ1) is 15.0. The van der Waals surface area contributed by atoms with Gasteiger partial charge in [-0.25, -0.2) is 4.98 Å². The number of thiazole rings is 1. The number of rotatable bonds is 3. The van der Waals surface area contributed by atoms with Crippen molar-refractivity contribution in [3.63, 3.8) is 0 Å². The molecule has 0 spiro atoms. The predicted molar refractivity (Wildman–Crippen MR) is 85.6 cm³/mol. The average Bonchev–Trinajstić information content (AvgIpc) is 2.97. The molecule has 1 aromatic heterocycles. The minimum Gasteiger partial charge on any atom is -0.341 e. The van der Waals surface area contributed by atoms with E-state index < -0.39 is 0 Å². The maximum Gasteiger partial charge on any atom is 0.239 e. The summed E-state index contributed by atoms with van der Waals surface area (Å²) in [6.45, 7) is 3.63. The number of likely N-dealkylation sites (tertiary alicyclic amines) is 1. The molecule has 5 heteroatoms. The number of aryl methyl sites for hydroxylation is 2. The molecule has 21 heavy (non-hydrogen) atoms. The Hall–Kier alpha value is -0.940. The van der Waals surface area contributed by atoms with Gasteiger partial charge in [0.15, 0.2) is 0 Å². The van der Waals surface area contributed by atoms with Gasteiger partial charge in [0.2, 0.25) is 5.91 Å². The highest BCUT2D eigenvalue weighted by atomic mass is 32.1. The number of fused-ring (bicyclic) bond motifs is 1. The van der Waals surface area contributed by atoms with E-state index >= 15 is 0 Å². The van der Waals surface area contributed by atoms with E-state index in [1.165, 1.54) is 34.8 Å². The standard InChI is InChI=1S/C16H25N3OS/c1-2-12(17)16(20)19-9-5-6-11(10-19)15-18-13-7-3-4-8-14(13)21-15/h11-12H,2-10,17H2,1H3/t11-,12+/m1/s1. The zero-order valence-corrected chi connectivity index (χ0v) is 13.6. The second-order valence-corrected chi connectivity index (χ2v) is 7.38. The first-order valence-electron chi connectivity index (χ1n) is 8.22. The van der Waals surface area contributed by atoms with Gasteiger partial charge in [0.25, 0.3) is 0 Å². The Morgan fingerprint density at radius 1 is 1.43 bits per heavy atom. The van der Waals surface area contributed by atoms with Crippen LogP contribution in [0.1, 0.15) is 60.5 Å². The lowest BCUT2D eigenvalue weighted by Gasteiger charge is -2.33. The Morgan fingerprint density at radius 3 is 3.00 bits per heavy atom. The summed E-state index contributed by atoms with van der Waals surface area (Å²) >= 11 is 1.89. The van der Waals surface area contributed by atoms with E-state index in [2.05, 4.69) is 0 Å². The number of piperidine rings is 1. The van der Waals surface area contributed by atoms with Gasteiger partial charge in [0.1, 0.15) is 0 Å². The SMILES string of the molecule is CC[C@H](N)C(=O)N1CCC[C@@H](c2nc3c(s2)CCCC3)C1. The van der Waals surface area contributed by atoms with E-state index in [4.69, 9.17) is 10.7 Å². The van der Waals surface area contributed by atoms with E-state index in [-0.39, 0.29) is 11.9 Å². The van der Waals surface area contributed by atoms with Crippen LogP contribution in [0.4, 0.5) is 0 Å². The van der Waals surface area contributed by atoms with Crippen molar-refractivity contribution in [2.45, 2.75) is 63.8 Å². The first-order chi connectivity index (χ1) is 10.2. The van der Waals surface area contributed by atoms with E-state index in [0.717, 1.165) is 32.4 Å². The van der Waals surface area contributed by atoms with Gasteiger partial charge in [-0.15, -0.1) is 11.3 Å². The molecular weight excluding hydrogens is 282 g/mol. The van der Waals surface area contributed by atoms with Crippen molar-refractivity contribution in [2.24, 2.45) is 5.73 Å². The molecule has 1 saturated heterocycles. The normalized spacial score (nSPS) is 23.7. The molecule has 1 fully saturated rings. The van der Waals surface area contributed by atoms with Crippen molar-refractivity contribution in [1.29, 1.82) is 0 Å². The number of carbonyl (C=O) groups is 1. The third-order valence-corrected chi connectivity index (χ3v) is 6.02. The van der Waals surface area contributed by atoms with E-state index in [9.17, 15) is 4.79 Å². The van der Waals surface area contributed by atoms with Gasteiger partial charge in [-0.2, -0.15) is 0 Å². The molecule has 3 rings (SSSR count). The third-order valence-electron chi connectivity index (χ3n) is 4.70. The zero-order valence-electron chi connectivity index (χ0n) is 12.8. The Balaban J connectivity index is 1.71. The number of nitrogens with two attached hydrogens (primary N) is 1. The van der Waals surface area contributed by atoms with E-state index in [1.54, 1.807) is 0 Å². The van der Waals surface area contributed by atoms with Gasteiger partial charge in [-0.3, -0.25) is 4.79 Å². The quantitative estimate of drug-likeness (QED) is 0.933. The second-order valence-electron chi connectivity index (χ2n) is 6.27. The lowest BCUT2D eigenvalue weighted by molar-refractivity contribution is -0.133. The summed E-state index contributed by atoms with van der Waals surface area (Å²) in [6, 6.07) is -0.340. The molecule has 1 aliphatic carbocycles. The summed E-state index contributed by atoms with van der Waals surface area (Å²) in [6.07, 6.45) is 7.84. The molecule has 0 saturated carbocycles. The highest BCUT2D eigenvalue weighted by molar-refractivity contribution is 7.11. The summed E-state index contributed by atoms with van der Waals surface area (Å²) < 4.78 is 0. The zero-order chi connectivity index (χ0) is 14.8. The van der Waals surface area contributed by atoms with Crippen LogP contribution in [-0.4, -0.2) is 34.9 Å². The maximum absolute atomic E-state index is 12.3. The van der Waals surface area contributed by atoms with Gasteiger partial charge < -0.3 is 10.6 Å². The predicted octanol–water partition coefficient (Wildman–Crippen LogP) is 2.47. The van der Waals surface area contributed by atoms with Crippen LogP contribution >= 0.6 is 11.3 Å². The molecule has 0 unspecified atom stereocenters. The lowest BCUT2D eigenvalue weighted by atomic mass is 9.97. The highest BCUT2D eigenvalue weighted by Gasteiger charge is 2.29. The molecule has 2 N–H and O–H groups in total. The van der Waals surface area contributed by atoms with Crippen molar-refractivity contribution in [2.75, 3.05) is 13.1 Å². The Morgan fingerprint density at radius 2 is 2.24 bits per heavy atom. The highest BCUT2D eigenvalue weighted by Crippen LogP contribution is 2.34. The van der Waals surface area contributed by atoms with Crippen molar-refractivity contribution >= 4 is 17.2 Å². The third kappa shape index (κ3) is 3.14. The molecule has 4 nitrogen and oxygen atoms in total. The molecule has 1 aliphatic heterocycles. The Kier molecular flexibility index (Phi) is 4.60. The number of carbonyl (C=O) groups excluding carboxylic acids is 1. The van der Waals surface area contributed by atoms with Crippen LogP contribution in [-0.2, 0) is 17.6 Å². The average molecular weight is 307 g/mol. The molecule has 1 aromatic rings. The molecule has 0 bridgehead atoms. The van der Waals surface area contributed by atoms with Gasteiger partial charge in [0, 0.05) is 23.9 Å². The number of nitrogens with zero attached hydrogens (tertiary/aromatic N) is 2. The first-order valence-corrected chi connectivity index (χ1v) is 9.03. The van der Waals surface area contributed by atoms with Crippen LogP contribution in [0, 0.1) is 0 Å². The summed E-state index contributed by atoms with van der Waals surface area (Å²) in [7, 11) is 0. The van der Waals surface area contributed by atoms with Gasteiger partial charge in [-0.1, -0.05) is 6.92 Å². The molecule has 0 aromatic carbocycles. The molecular formula is C16H25N3OS. The smallest absolute Gasteiger partial charge is 0.239 e. The van der Waals surface area contributed by atoms with E-state index in [1.807, 2.05) is 23.2 Å². The van der Waals surface area contributed by atoms with Gasteiger partial charge >= 0.3 is 0 Å². The molecule has 2 heterocycles. The van der Waals surface area contributed by atoms with Gasteiger partial charge in [0.05, 0.1) is 16.7 Å². The second kappa shape index (κ2) is 6.44. The lowest BCUT2D eigenvalue weighted by Crippen LogP contribution is -2.47. The van der Waals surface area contributed by atoms with Crippen molar-refractivity contribution in [3.8, 4) is 0 Å². The summed E-state index contributed by atoms with van der Waals surface area (Å²) in [5.74, 6) is 0.533. The minimum atomic E-state index is -0.340. The van der Waals surface area contributed by atoms with Crippen LogP contribution < -0.4 is 5.73 Å². The fourth-order valence-corrected chi connectivity index (χ4v) is 4.61. The Bertz CT molecular complexity index is 490. The van der Waals surface area contributed by atoms with E-state index in [0.29, 0.717) is 12.3 Å². The largest absolute Gasteiger partial charge is 0.341 e. The van der Waals surface area contributed by atoms with Crippen LogP contribution in [0.2, 0.25) is 0 Å².